The molecule has 0 bridgehead atoms. The molecular formula is C20H26N4O3S2. The summed E-state index contributed by atoms with van der Waals surface area (Å²) in [6, 6.07) is 11.0. The van der Waals surface area contributed by atoms with Gasteiger partial charge >= 0.3 is 0 Å². The molecule has 9 heteroatoms. The van der Waals surface area contributed by atoms with E-state index in [1.807, 2.05) is 41.8 Å². The zero-order valence-corrected chi connectivity index (χ0v) is 17.9. The predicted molar refractivity (Wildman–Crippen MR) is 116 cm³/mol. The lowest BCUT2D eigenvalue weighted by molar-refractivity contribution is -0.130. The number of carbonyl (C=O) groups excluding carboxylic acids is 1. The van der Waals surface area contributed by atoms with E-state index in [0.717, 1.165) is 17.5 Å². The molecule has 2 atom stereocenters. The number of hydrogen-bond donors (Lipinski definition) is 3. The number of hydrogen-bond acceptors (Lipinski definition) is 6. The molecule has 29 heavy (non-hydrogen) atoms. The molecule has 1 aliphatic rings. The maximum absolute atomic E-state index is 12.3. The van der Waals surface area contributed by atoms with Crippen LogP contribution in [0.1, 0.15) is 46.7 Å². The van der Waals surface area contributed by atoms with Gasteiger partial charge < -0.3 is 10.6 Å². The van der Waals surface area contributed by atoms with Gasteiger partial charge in [-0.2, -0.15) is 0 Å². The fourth-order valence-corrected chi connectivity index (χ4v) is 5.62. The zero-order chi connectivity index (χ0) is 21.0. The molecule has 4 N–H and O–H groups in total. The first-order valence-corrected chi connectivity index (χ1v) is 12.3. The third-order valence-corrected chi connectivity index (χ3v) is 7.58. The molecule has 2 aromatic rings. The van der Waals surface area contributed by atoms with Crippen molar-refractivity contribution in [3.63, 3.8) is 0 Å². The Bertz CT molecular complexity index is 973. The van der Waals surface area contributed by atoms with E-state index in [2.05, 4.69) is 5.32 Å². The number of nitrogens with zero attached hydrogens (tertiary/aromatic N) is 1. The van der Waals surface area contributed by atoms with Gasteiger partial charge in [0.1, 0.15) is 12.0 Å². The van der Waals surface area contributed by atoms with Crippen molar-refractivity contribution in [1.82, 2.24) is 10.2 Å². The van der Waals surface area contributed by atoms with Crippen molar-refractivity contribution in [1.29, 1.82) is 5.41 Å². The van der Waals surface area contributed by atoms with Gasteiger partial charge in [-0.05, 0) is 36.4 Å². The zero-order valence-electron chi connectivity index (χ0n) is 16.3. The van der Waals surface area contributed by atoms with Gasteiger partial charge in [0.05, 0.1) is 10.1 Å². The first kappa shape index (κ1) is 21.5. The molecule has 1 amide bonds. The Kier molecular flexibility index (Phi) is 6.71. The molecule has 1 aromatic heterocycles. The number of benzene rings is 1. The molecule has 1 aromatic carbocycles. The molecule has 1 unspecified atom stereocenters. The fraction of sp³-hybridized carbons (Fsp3) is 0.400. The first-order valence-electron chi connectivity index (χ1n) is 9.47. The van der Waals surface area contributed by atoms with E-state index >= 15 is 0 Å². The Hall–Kier alpha value is -2.23. The standard InChI is InChI=1S/C20H26N4O3S2/c1-29(26,27)17(14-6-3-2-4-7-14)9-10-23-20(24-11-5-8-18(24)25)15-12-16(19(21)22)28-13-15/h2-4,6-7,12-13,17,20,23H,5,8-11H2,1H3,(H3,21,22)/t17-,20?/m0/s1. The van der Waals surface area contributed by atoms with Gasteiger partial charge in [-0.15, -0.1) is 11.3 Å². The number of amides is 1. The Labute approximate surface area is 175 Å². The molecule has 1 fully saturated rings. The van der Waals surface area contributed by atoms with E-state index in [4.69, 9.17) is 11.1 Å². The lowest BCUT2D eigenvalue weighted by atomic mass is 10.1. The van der Waals surface area contributed by atoms with Gasteiger partial charge in [0.2, 0.25) is 5.91 Å². The molecule has 3 rings (SSSR count). The van der Waals surface area contributed by atoms with E-state index < -0.39 is 15.1 Å². The highest BCUT2D eigenvalue weighted by Gasteiger charge is 2.30. The molecule has 0 spiro atoms. The van der Waals surface area contributed by atoms with Crippen molar-refractivity contribution in [2.24, 2.45) is 5.73 Å². The van der Waals surface area contributed by atoms with Crippen molar-refractivity contribution >= 4 is 32.9 Å². The highest BCUT2D eigenvalue weighted by molar-refractivity contribution is 7.90. The number of carbonyl (C=O) groups is 1. The highest BCUT2D eigenvalue weighted by Crippen LogP contribution is 2.29. The van der Waals surface area contributed by atoms with Gasteiger partial charge in [0.25, 0.3) is 0 Å². The fourth-order valence-electron chi connectivity index (χ4n) is 3.63. The minimum atomic E-state index is -3.28. The van der Waals surface area contributed by atoms with Crippen LogP contribution in [0.5, 0.6) is 0 Å². The van der Waals surface area contributed by atoms with Crippen LogP contribution in [-0.4, -0.2) is 44.4 Å². The van der Waals surface area contributed by atoms with Crippen molar-refractivity contribution in [3.05, 3.63) is 57.8 Å². The summed E-state index contributed by atoms with van der Waals surface area (Å²) in [6.07, 6.45) is 2.61. The van der Waals surface area contributed by atoms with Crippen molar-refractivity contribution in [2.75, 3.05) is 19.3 Å². The molecule has 0 saturated carbocycles. The van der Waals surface area contributed by atoms with Crippen LogP contribution in [0.25, 0.3) is 0 Å². The average Bonchev–Trinajstić information content (AvgIpc) is 3.31. The summed E-state index contributed by atoms with van der Waals surface area (Å²) in [4.78, 5) is 14.8. The molecule has 1 saturated heterocycles. The Morgan fingerprint density at radius 1 is 1.31 bits per heavy atom. The predicted octanol–water partition coefficient (Wildman–Crippen LogP) is 2.42. The molecule has 7 nitrogen and oxygen atoms in total. The number of nitrogen functional groups attached to an aromatic ring is 1. The minimum absolute atomic E-state index is 0.00559. The summed E-state index contributed by atoms with van der Waals surface area (Å²) in [6.45, 7) is 1.07. The van der Waals surface area contributed by atoms with Crippen LogP contribution >= 0.6 is 11.3 Å². The molecule has 0 aliphatic carbocycles. The van der Waals surface area contributed by atoms with Crippen LogP contribution in [0, 0.1) is 5.41 Å². The number of nitrogens with one attached hydrogen (secondary N) is 2. The quantitative estimate of drug-likeness (QED) is 0.414. The van der Waals surface area contributed by atoms with Gasteiger partial charge in [-0.1, -0.05) is 30.3 Å². The maximum atomic E-state index is 12.3. The summed E-state index contributed by atoms with van der Waals surface area (Å²) >= 11 is 1.36. The third-order valence-electron chi connectivity index (χ3n) is 5.06. The number of rotatable bonds is 9. The van der Waals surface area contributed by atoms with E-state index in [0.29, 0.717) is 30.8 Å². The smallest absolute Gasteiger partial charge is 0.224 e. The van der Waals surface area contributed by atoms with Crippen LogP contribution in [0.2, 0.25) is 0 Å². The minimum Gasteiger partial charge on any atom is -0.383 e. The SMILES string of the molecule is CS(=O)(=O)[C@@H](CCNC(c1csc(C(=N)N)c1)N1CCCC1=O)c1ccccc1. The number of thiophene rings is 1. The van der Waals surface area contributed by atoms with E-state index in [9.17, 15) is 13.2 Å². The second-order valence-corrected chi connectivity index (χ2v) is 10.4. The Morgan fingerprint density at radius 3 is 2.59 bits per heavy atom. The first-order chi connectivity index (χ1) is 13.8. The number of sulfone groups is 1. The summed E-state index contributed by atoms with van der Waals surface area (Å²) in [7, 11) is -3.28. The Morgan fingerprint density at radius 2 is 2.03 bits per heavy atom. The lowest BCUT2D eigenvalue weighted by Crippen LogP contribution is -2.40. The second-order valence-electron chi connectivity index (χ2n) is 7.22. The average molecular weight is 435 g/mol. The Balaban J connectivity index is 1.77. The summed E-state index contributed by atoms with van der Waals surface area (Å²) in [5.74, 6) is 0.0646. The van der Waals surface area contributed by atoms with Gasteiger partial charge in [0.15, 0.2) is 9.84 Å². The molecule has 1 aliphatic heterocycles. The normalized spacial score (nSPS) is 16.7. The molecule has 0 radical (unpaired) electrons. The topological polar surface area (TPSA) is 116 Å². The van der Waals surface area contributed by atoms with E-state index in [1.165, 1.54) is 17.6 Å². The highest BCUT2D eigenvalue weighted by atomic mass is 32.2. The van der Waals surface area contributed by atoms with Gasteiger partial charge in [-0.25, -0.2) is 8.42 Å². The van der Waals surface area contributed by atoms with Crippen LogP contribution in [-0.2, 0) is 14.6 Å². The van der Waals surface area contributed by atoms with Gasteiger partial charge in [0, 0.05) is 24.8 Å². The molecule has 2 heterocycles. The molecular weight excluding hydrogens is 408 g/mol. The van der Waals surface area contributed by atoms with Crippen LogP contribution < -0.4 is 11.1 Å². The van der Waals surface area contributed by atoms with Crippen molar-refractivity contribution < 1.29 is 13.2 Å². The van der Waals surface area contributed by atoms with Crippen LogP contribution in [0.4, 0.5) is 0 Å². The summed E-state index contributed by atoms with van der Waals surface area (Å²) in [5.41, 5.74) is 7.22. The van der Waals surface area contributed by atoms with Gasteiger partial charge in [-0.3, -0.25) is 15.5 Å². The number of amidine groups is 1. The third kappa shape index (κ3) is 5.23. The monoisotopic (exact) mass is 434 g/mol. The van der Waals surface area contributed by atoms with Crippen molar-refractivity contribution in [3.8, 4) is 0 Å². The summed E-state index contributed by atoms with van der Waals surface area (Å²) in [5, 5.41) is 12.3. The van der Waals surface area contributed by atoms with E-state index in [-0.39, 0.29) is 17.9 Å². The number of nitrogens with two attached hydrogens (primary N) is 1. The van der Waals surface area contributed by atoms with Crippen molar-refractivity contribution in [2.45, 2.75) is 30.7 Å². The lowest BCUT2D eigenvalue weighted by Gasteiger charge is -2.29. The largest absolute Gasteiger partial charge is 0.383 e. The number of likely N-dealkylation sites (tertiary alicyclic amines) is 1. The second kappa shape index (κ2) is 9.06. The summed E-state index contributed by atoms with van der Waals surface area (Å²) < 4.78 is 24.7. The maximum Gasteiger partial charge on any atom is 0.224 e. The van der Waals surface area contributed by atoms with Crippen LogP contribution in [0.3, 0.4) is 0 Å². The van der Waals surface area contributed by atoms with Crippen LogP contribution in [0.15, 0.2) is 41.8 Å². The van der Waals surface area contributed by atoms with E-state index in [1.54, 1.807) is 4.90 Å². The molecule has 156 valence electrons.